The number of carbonyl (C=O) groups excluding carboxylic acids is 1. The van der Waals surface area contributed by atoms with Crippen molar-refractivity contribution in [3.63, 3.8) is 0 Å². The number of hydrogen-bond acceptors (Lipinski definition) is 7. The van der Waals surface area contributed by atoms with Crippen LogP contribution in [0.15, 0.2) is 57.6 Å². The van der Waals surface area contributed by atoms with Crippen LogP contribution in [-0.2, 0) is 11.2 Å². The van der Waals surface area contributed by atoms with Gasteiger partial charge in [-0.25, -0.2) is 4.39 Å². The van der Waals surface area contributed by atoms with Crippen molar-refractivity contribution in [3.8, 4) is 22.8 Å². The number of amides is 1. The zero-order chi connectivity index (χ0) is 23.5. The van der Waals surface area contributed by atoms with E-state index in [-0.39, 0.29) is 24.1 Å². The van der Waals surface area contributed by atoms with Crippen molar-refractivity contribution in [1.29, 1.82) is 0 Å². The van der Waals surface area contributed by atoms with Gasteiger partial charge in [0.2, 0.25) is 29.3 Å². The van der Waals surface area contributed by atoms with Crippen LogP contribution < -0.4 is 0 Å². The molecular weight excluding hydrogens is 461 g/mol. The predicted octanol–water partition coefficient (Wildman–Crippen LogP) is 4.92. The molecule has 34 heavy (non-hydrogen) atoms. The van der Waals surface area contributed by atoms with E-state index in [0.717, 1.165) is 18.4 Å². The fourth-order valence-corrected chi connectivity index (χ4v) is 4.12. The number of halogens is 2. The summed E-state index contributed by atoms with van der Waals surface area (Å²) in [5.41, 5.74) is 1.35. The molecule has 0 bridgehead atoms. The second-order valence-corrected chi connectivity index (χ2v) is 8.60. The van der Waals surface area contributed by atoms with Crippen LogP contribution in [0.5, 0.6) is 0 Å². The van der Waals surface area contributed by atoms with Crippen LogP contribution in [0, 0.1) is 5.82 Å². The number of nitrogens with zero attached hydrogens (tertiary/aromatic N) is 5. The van der Waals surface area contributed by atoms with Gasteiger partial charge in [0.15, 0.2) is 0 Å². The van der Waals surface area contributed by atoms with E-state index in [1.54, 1.807) is 29.2 Å². The molecule has 0 aliphatic carbocycles. The highest BCUT2D eigenvalue weighted by atomic mass is 35.5. The van der Waals surface area contributed by atoms with Crippen LogP contribution in [0.4, 0.5) is 4.39 Å². The second kappa shape index (κ2) is 9.72. The van der Waals surface area contributed by atoms with E-state index in [4.69, 9.17) is 20.6 Å². The Morgan fingerprint density at radius 3 is 2.68 bits per heavy atom. The molecule has 1 saturated heterocycles. The maximum Gasteiger partial charge on any atom is 0.231 e. The van der Waals surface area contributed by atoms with E-state index in [9.17, 15) is 9.18 Å². The van der Waals surface area contributed by atoms with Crippen molar-refractivity contribution in [2.24, 2.45) is 0 Å². The van der Waals surface area contributed by atoms with Gasteiger partial charge in [-0.2, -0.15) is 9.97 Å². The van der Waals surface area contributed by atoms with E-state index < -0.39 is 0 Å². The third-order valence-electron chi connectivity index (χ3n) is 5.77. The van der Waals surface area contributed by atoms with Gasteiger partial charge >= 0.3 is 0 Å². The summed E-state index contributed by atoms with van der Waals surface area (Å²) in [5.74, 6) is 1.24. The molecule has 0 N–H and O–H groups in total. The van der Waals surface area contributed by atoms with Gasteiger partial charge in [-0.05, 0) is 49.2 Å². The first-order chi connectivity index (χ1) is 16.5. The van der Waals surface area contributed by atoms with Gasteiger partial charge in [0.05, 0.1) is 5.92 Å². The highest BCUT2D eigenvalue weighted by Gasteiger charge is 2.29. The summed E-state index contributed by atoms with van der Waals surface area (Å²) in [4.78, 5) is 23.5. The molecule has 2 aromatic carbocycles. The van der Waals surface area contributed by atoms with Gasteiger partial charge in [0, 0.05) is 42.1 Å². The highest BCUT2D eigenvalue weighted by Crippen LogP contribution is 2.28. The summed E-state index contributed by atoms with van der Waals surface area (Å²) in [6, 6.07) is 13.2. The number of likely N-dealkylation sites (tertiary alicyclic amines) is 1. The van der Waals surface area contributed by atoms with E-state index in [2.05, 4.69) is 20.3 Å². The Morgan fingerprint density at radius 1 is 1.06 bits per heavy atom. The first-order valence-electron chi connectivity index (χ1n) is 11.0. The van der Waals surface area contributed by atoms with Gasteiger partial charge < -0.3 is 13.9 Å². The molecule has 0 spiro atoms. The van der Waals surface area contributed by atoms with E-state index in [1.165, 1.54) is 12.1 Å². The molecule has 174 valence electrons. The van der Waals surface area contributed by atoms with Gasteiger partial charge in [-0.3, -0.25) is 4.79 Å². The molecular formula is C24H21ClFN5O3. The van der Waals surface area contributed by atoms with Gasteiger partial charge in [0.25, 0.3) is 0 Å². The predicted molar refractivity (Wildman–Crippen MR) is 121 cm³/mol. The zero-order valence-electron chi connectivity index (χ0n) is 18.2. The number of carbonyl (C=O) groups is 1. The lowest BCUT2D eigenvalue weighted by atomic mass is 9.97. The van der Waals surface area contributed by atoms with Crippen molar-refractivity contribution in [2.75, 3.05) is 13.1 Å². The standard InChI is InChI=1S/C24H21ClFN5O3/c25-18-8-6-15(7-9-18)22-27-20(33-29-22)10-11-21(32)31-12-2-4-17(14-31)24-28-23(30-34-24)16-3-1-5-19(26)13-16/h1,3,5-9,13,17H,2,4,10-12,14H2/t17-/m0/s1. The first kappa shape index (κ1) is 22.2. The molecule has 2 aromatic heterocycles. The average Bonchev–Trinajstić information content (AvgIpc) is 3.54. The molecule has 4 aromatic rings. The third-order valence-corrected chi connectivity index (χ3v) is 6.02. The minimum Gasteiger partial charge on any atom is -0.342 e. The van der Waals surface area contributed by atoms with Crippen LogP contribution in [0.25, 0.3) is 22.8 Å². The van der Waals surface area contributed by atoms with Gasteiger partial charge in [-0.1, -0.05) is 34.0 Å². The third kappa shape index (κ3) is 4.99. The summed E-state index contributed by atoms with van der Waals surface area (Å²) >= 11 is 5.91. The smallest absolute Gasteiger partial charge is 0.231 e. The first-order valence-corrected chi connectivity index (χ1v) is 11.4. The summed E-state index contributed by atoms with van der Waals surface area (Å²) < 4.78 is 24.3. The normalized spacial score (nSPS) is 16.1. The topological polar surface area (TPSA) is 98.2 Å². The number of benzene rings is 2. The van der Waals surface area contributed by atoms with Crippen molar-refractivity contribution >= 4 is 17.5 Å². The number of aromatic nitrogens is 4. The average molecular weight is 482 g/mol. The molecule has 1 amide bonds. The highest BCUT2D eigenvalue weighted by molar-refractivity contribution is 6.30. The lowest BCUT2D eigenvalue weighted by Crippen LogP contribution is -2.39. The van der Waals surface area contributed by atoms with Crippen LogP contribution >= 0.6 is 11.6 Å². The fraction of sp³-hybridized carbons (Fsp3) is 0.292. The van der Waals surface area contributed by atoms with Crippen molar-refractivity contribution in [3.05, 3.63) is 71.2 Å². The van der Waals surface area contributed by atoms with Crippen molar-refractivity contribution in [1.82, 2.24) is 25.2 Å². The molecule has 10 heteroatoms. The SMILES string of the molecule is O=C(CCc1nc(-c2ccc(Cl)cc2)no1)N1CCC[C@H](c2nc(-c3cccc(F)c3)no2)C1. The van der Waals surface area contributed by atoms with E-state index in [0.29, 0.717) is 53.5 Å². The Hall–Kier alpha value is -3.59. The summed E-state index contributed by atoms with van der Waals surface area (Å²) in [6.45, 7) is 1.16. The summed E-state index contributed by atoms with van der Waals surface area (Å²) in [6.07, 6.45) is 2.27. The molecule has 1 atom stereocenters. The Bertz CT molecular complexity index is 1290. The van der Waals surface area contributed by atoms with E-state index >= 15 is 0 Å². The quantitative estimate of drug-likeness (QED) is 0.385. The molecule has 5 rings (SSSR count). The van der Waals surface area contributed by atoms with Crippen LogP contribution in [-0.4, -0.2) is 44.2 Å². The molecule has 0 saturated carbocycles. The number of piperidine rings is 1. The maximum atomic E-state index is 13.5. The Labute approximate surface area is 199 Å². The lowest BCUT2D eigenvalue weighted by Gasteiger charge is -2.31. The Kier molecular flexibility index (Phi) is 6.35. The summed E-state index contributed by atoms with van der Waals surface area (Å²) in [5, 5.41) is 8.60. The lowest BCUT2D eigenvalue weighted by molar-refractivity contribution is -0.132. The zero-order valence-corrected chi connectivity index (χ0v) is 18.9. The monoisotopic (exact) mass is 481 g/mol. The van der Waals surface area contributed by atoms with E-state index in [1.807, 2.05) is 12.1 Å². The van der Waals surface area contributed by atoms with Gasteiger partial charge in [0.1, 0.15) is 5.82 Å². The molecule has 3 heterocycles. The summed E-state index contributed by atoms with van der Waals surface area (Å²) in [7, 11) is 0. The largest absolute Gasteiger partial charge is 0.342 e. The molecule has 1 aliphatic rings. The molecule has 1 fully saturated rings. The molecule has 0 unspecified atom stereocenters. The minimum absolute atomic E-state index is 0.000752. The van der Waals surface area contributed by atoms with Gasteiger partial charge in [-0.15, -0.1) is 0 Å². The molecule has 0 radical (unpaired) electrons. The van der Waals surface area contributed by atoms with Crippen LogP contribution in [0.3, 0.4) is 0 Å². The van der Waals surface area contributed by atoms with Crippen LogP contribution in [0.1, 0.15) is 37.0 Å². The number of aryl methyl sites for hydroxylation is 1. The van der Waals surface area contributed by atoms with Crippen molar-refractivity contribution in [2.45, 2.75) is 31.6 Å². The molecule has 1 aliphatic heterocycles. The maximum absolute atomic E-state index is 13.5. The minimum atomic E-state index is -0.361. The second-order valence-electron chi connectivity index (χ2n) is 8.16. The fourth-order valence-electron chi connectivity index (χ4n) is 4.00. The Balaban J connectivity index is 1.18. The van der Waals surface area contributed by atoms with Crippen molar-refractivity contribution < 1.29 is 18.2 Å². The molecule has 8 nitrogen and oxygen atoms in total. The number of rotatable bonds is 6. The van der Waals surface area contributed by atoms with Crippen LogP contribution in [0.2, 0.25) is 5.02 Å². The Morgan fingerprint density at radius 2 is 1.85 bits per heavy atom. The number of hydrogen-bond donors (Lipinski definition) is 0.